The molecule has 18 heavy (non-hydrogen) atoms. The molecule has 0 saturated carbocycles. The lowest BCUT2D eigenvalue weighted by molar-refractivity contribution is -0.166. The quantitative estimate of drug-likeness (QED) is 0.782. The summed E-state index contributed by atoms with van der Waals surface area (Å²) in [6.45, 7) is 6.76. The van der Waals surface area contributed by atoms with Gasteiger partial charge in [-0.2, -0.15) is 0 Å². The fourth-order valence-corrected chi connectivity index (χ4v) is 1.81. The molecule has 0 saturated heterocycles. The number of carbonyl (C=O) groups excluding carboxylic acids is 2. The van der Waals surface area contributed by atoms with Crippen LogP contribution in [0.15, 0.2) is 5.38 Å². The summed E-state index contributed by atoms with van der Waals surface area (Å²) < 4.78 is 9.83. The number of rotatable bonds is 4. The lowest BCUT2D eigenvalue weighted by Crippen LogP contribution is -2.27. The molecule has 6 heteroatoms. The monoisotopic (exact) mass is 271 g/mol. The number of carbonyl (C=O) groups is 2. The maximum absolute atomic E-state index is 11.4. The van der Waals surface area contributed by atoms with E-state index >= 15 is 0 Å². The molecule has 5 nitrogen and oxygen atoms in total. The molecular weight excluding hydrogens is 254 g/mol. The van der Waals surface area contributed by atoms with E-state index < -0.39 is 17.5 Å². The average Bonchev–Trinajstić information content (AvgIpc) is 2.58. The highest BCUT2D eigenvalue weighted by atomic mass is 32.1. The molecule has 1 rings (SSSR count). The van der Waals surface area contributed by atoms with Crippen LogP contribution in [0.25, 0.3) is 0 Å². The third-order valence-corrected chi connectivity index (χ3v) is 2.59. The molecule has 0 aliphatic carbocycles. The van der Waals surface area contributed by atoms with E-state index in [9.17, 15) is 9.59 Å². The van der Waals surface area contributed by atoms with Gasteiger partial charge in [0.15, 0.2) is 6.61 Å². The summed E-state index contributed by atoms with van der Waals surface area (Å²) in [5.74, 6) is -1.03. The second kappa shape index (κ2) is 5.95. The van der Waals surface area contributed by atoms with Gasteiger partial charge in [-0.05, 0) is 27.7 Å². The molecule has 1 aromatic heterocycles. The van der Waals surface area contributed by atoms with Gasteiger partial charge < -0.3 is 9.47 Å². The molecule has 0 radical (unpaired) electrons. The summed E-state index contributed by atoms with van der Waals surface area (Å²) in [6.07, 6.45) is 0.0765. The maximum atomic E-state index is 11.4. The van der Waals surface area contributed by atoms with E-state index in [0.29, 0.717) is 5.69 Å². The van der Waals surface area contributed by atoms with Crippen LogP contribution in [-0.2, 0) is 25.5 Å². The largest absolute Gasteiger partial charge is 0.457 e. The van der Waals surface area contributed by atoms with Crippen molar-refractivity contribution in [3.63, 3.8) is 0 Å². The van der Waals surface area contributed by atoms with Crippen molar-refractivity contribution >= 4 is 23.3 Å². The van der Waals surface area contributed by atoms with Gasteiger partial charge in [0.2, 0.25) is 0 Å². The van der Waals surface area contributed by atoms with E-state index in [0.717, 1.165) is 5.01 Å². The average molecular weight is 271 g/mol. The zero-order valence-electron chi connectivity index (χ0n) is 11.0. The molecular formula is C12H17NO4S. The van der Waals surface area contributed by atoms with E-state index in [-0.39, 0.29) is 13.0 Å². The van der Waals surface area contributed by atoms with Gasteiger partial charge >= 0.3 is 11.9 Å². The van der Waals surface area contributed by atoms with Crippen molar-refractivity contribution in [1.29, 1.82) is 0 Å². The number of nitrogens with zero attached hydrogens (tertiary/aromatic N) is 1. The van der Waals surface area contributed by atoms with Gasteiger partial charge in [-0.25, -0.2) is 9.78 Å². The lowest BCUT2D eigenvalue weighted by atomic mass is 10.2. The van der Waals surface area contributed by atoms with Gasteiger partial charge in [0.1, 0.15) is 5.60 Å². The van der Waals surface area contributed by atoms with E-state index in [1.54, 1.807) is 26.2 Å². The first-order valence-electron chi connectivity index (χ1n) is 5.55. The topological polar surface area (TPSA) is 65.5 Å². The SMILES string of the molecule is Cc1nc(CC(=O)OCC(=O)OC(C)(C)C)cs1. The molecule has 100 valence electrons. The minimum atomic E-state index is -0.574. The minimum absolute atomic E-state index is 0.0765. The van der Waals surface area contributed by atoms with Crippen molar-refractivity contribution in [3.8, 4) is 0 Å². The number of hydrogen-bond donors (Lipinski definition) is 0. The van der Waals surface area contributed by atoms with Crippen LogP contribution in [0.2, 0.25) is 0 Å². The molecule has 1 heterocycles. The van der Waals surface area contributed by atoms with Gasteiger partial charge in [-0.15, -0.1) is 11.3 Å². The van der Waals surface area contributed by atoms with Crippen LogP contribution in [-0.4, -0.2) is 29.1 Å². The highest BCUT2D eigenvalue weighted by Gasteiger charge is 2.18. The Bertz CT molecular complexity index is 434. The molecule has 1 aromatic rings. The van der Waals surface area contributed by atoms with Gasteiger partial charge in [-0.1, -0.05) is 0 Å². The Kier molecular flexibility index (Phi) is 4.84. The van der Waals surface area contributed by atoms with E-state index in [1.165, 1.54) is 11.3 Å². The van der Waals surface area contributed by atoms with Crippen molar-refractivity contribution in [2.75, 3.05) is 6.61 Å². The van der Waals surface area contributed by atoms with Crippen LogP contribution in [0.4, 0.5) is 0 Å². The Labute approximate surface area is 110 Å². The summed E-state index contributed by atoms with van der Waals surface area (Å²) in [6, 6.07) is 0. The molecule has 0 fully saturated rings. The van der Waals surface area contributed by atoms with Gasteiger partial charge in [0, 0.05) is 5.38 Å². The minimum Gasteiger partial charge on any atom is -0.457 e. The molecule has 0 atom stereocenters. The number of aromatic nitrogens is 1. The fourth-order valence-electron chi connectivity index (χ4n) is 1.20. The number of hydrogen-bond acceptors (Lipinski definition) is 6. The summed E-state index contributed by atoms with van der Waals surface area (Å²) in [5.41, 5.74) is 0.0851. The Hall–Kier alpha value is -1.43. The molecule has 0 aliphatic rings. The van der Waals surface area contributed by atoms with Crippen LogP contribution >= 0.6 is 11.3 Å². The van der Waals surface area contributed by atoms with Crippen molar-refractivity contribution in [1.82, 2.24) is 4.98 Å². The van der Waals surface area contributed by atoms with Gasteiger partial charge in [0.25, 0.3) is 0 Å². The molecule has 0 amide bonds. The van der Waals surface area contributed by atoms with Crippen LogP contribution in [0.1, 0.15) is 31.5 Å². The third-order valence-electron chi connectivity index (χ3n) is 1.76. The first-order chi connectivity index (χ1) is 8.26. The standard InChI is InChI=1S/C12H17NO4S/c1-8-13-9(7-18-8)5-10(14)16-6-11(15)17-12(2,3)4/h7H,5-6H2,1-4H3. The smallest absolute Gasteiger partial charge is 0.344 e. The van der Waals surface area contributed by atoms with Gasteiger partial charge in [0.05, 0.1) is 17.1 Å². The Morgan fingerprint density at radius 2 is 2.00 bits per heavy atom. The van der Waals surface area contributed by atoms with Crippen molar-refractivity contribution in [2.45, 2.75) is 39.7 Å². The van der Waals surface area contributed by atoms with Crippen LogP contribution in [0, 0.1) is 6.92 Å². The number of ether oxygens (including phenoxy) is 2. The van der Waals surface area contributed by atoms with Crippen LogP contribution < -0.4 is 0 Å². The molecule has 0 N–H and O–H groups in total. The van der Waals surface area contributed by atoms with E-state index in [2.05, 4.69) is 4.98 Å². The Morgan fingerprint density at radius 3 is 2.50 bits per heavy atom. The Morgan fingerprint density at radius 1 is 1.33 bits per heavy atom. The van der Waals surface area contributed by atoms with Crippen molar-refractivity contribution in [3.05, 3.63) is 16.1 Å². The van der Waals surface area contributed by atoms with Crippen molar-refractivity contribution < 1.29 is 19.1 Å². The second-order valence-electron chi connectivity index (χ2n) is 4.78. The maximum Gasteiger partial charge on any atom is 0.344 e. The number of esters is 2. The third kappa shape index (κ3) is 5.77. The normalized spacial score (nSPS) is 11.1. The summed E-state index contributed by atoms with van der Waals surface area (Å²) in [4.78, 5) is 26.9. The summed E-state index contributed by atoms with van der Waals surface area (Å²) >= 11 is 1.47. The highest BCUT2D eigenvalue weighted by molar-refractivity contribution is 7.09. The van der Waals surface area contributed by atoms with Crippen LogP contribution in [0.3, 0.4) is 0 Å². The molecule has 0 aliphatic heterocycles. The Balaban J connectivity index is 2.31. The predicted octanol–water partition coefficient (Wildman–Crippen LogP) is 1.88. The summed E-state index contributed by atoms with van der Waals surface area (Å²) in [5, 5.41) is 2.69. The van der Waals surface area contributed by atoms with Gasteiger partial charge in [-0.3, -0.25) is 4.79 Å². The first-order valence-corrected chi connectivity index (χ1v) is 6.43. The highest BCUT2D eigenvalue weighted by Crippen LogP contribution is 2.09. The second-order valence-corrected chi connectivity index (χ2v) is 5.84. The molecule has 0 unspecified atom stereocenters. The zero-order valence-corrected chi connectivity index (χ0v) is 11.8. The van der Waals surface area contributed by atoms with Crippen molar-refractivity contribution in [2.24, 2.45) is 0 Å². The number of aryl methyl sites for hydroxylation is 1. The van der Waals surface area contributed by atoms with Crippen LogP contribution in [0.5, 0.6) is 0 Å². The first kappa shape index (κ1) is 14.6. The zero-order chi connectivity index (χ0) is 13.8. The van der Waals surface area contributed by atoms with E-state index in [1.807, 2.05) is 6.92 Å². The van der Waals surface area contributed by atoms with E-state index in [4.69, 9.17) is 9.47 Å². The fraction of sp³-hybridized carbons (Fsp3) is 0.583. The molecule has 0 aromatic carbocycles. The lowest BCUT2D eigenvalue weighted by Gasteiger charge is -2.19. The predicted molar refractivity (Wildman–Crippen MR) is 67.4 cm³/mol. The number of thiazole rings is 1. The molecule has 0 bridgehead atoms. The summed E-state index contributed by atoms with van der Waals surface area (Å²) in [7, 11) is 0. The molecule has 0 spiro atoms.